The lowest BCUT2D eigenvalue weighted by molar-refractivity contribution is 0.286. The molecule has 0 radical (unpaired) electrons. The van der Waals surface area contributed by atoms with Gasteiger partial charge >= 0.3 is 0 Å². The smallest absolute Gasteiger partial charge is 0.0521 e. The van der Waals surface area contributed by atoms with Crippen LogP contribution >= 0.6 is 11.8 Å². The van der Waals surface area contributed by atoms with E-state index >= 15 is 0 Å². The van der Waals surface area contributed by atoms with Crippen molar-refractivity contribution < 1.29 is 0 Å². The van der Waals surface area contributed by atoms with Gasteiger partial charge in [-0.2, -0.15) is 16.9 Å². The molecule has 72 valence electrons. The minimum Gasteiger partial charge on any atom is -0.296 e. The number of hydrogen-bond acceptors (Lipinski definition) is 3. The Morgan fingerprint density at radius 2 is 2.23 bits per heavy atom. The molecule has 4 heteroatoms. The van der Waals surface area contributed by atoms with Crippen LogP contribution in [0.1, 0.15) is 5.69 Å². The predicted molar refractivity (Wildman–Crippen MR) is 55.8 cm³/mol. The topological polar surface area (TPSA) is 21.1 Å². The highest BCUT2D eigenvalue weighted by Crippen LogP contribution is 2.11. The number of aryl methyl sites for hydroxylation is 1. The Morgan fingerprint density at radius 1 is 1.46 bits per heavy atom. The van der Waals surface area contributed by atoms with Gasteiger partial charge in [0.25, 0.3) is 0 Å². The van der Waals surface area contributed by atoms with Gasteiger partial charge in [0.1, 0.15) is 0 Å². The second-order valence-electron chi connectivity index (χ2n) is 3.33. The third kappa shape index (κ3) is 2.25. The highest BCUT2D eigenvalue weighted by atomic mass is 32.2. The zero-order valence-electron chi connectivity index (χ0n) is 7.94. The van der Waals surface area contributed by atoms with Crippen LogP contribution in [0.25, 0.3) is 0 Å². The molecule has 1 aliphatic heterocycles. The van der Waals surface area contributed by atoms with E-state index in [0.29, 0.717) is 0 Å². The van der Waals surface area contributed by atoms with Gasteiger partial charge in [-0.1, -0.05) is 0 Å². The molecule has 1 aromatic rings. The molecule has 0 aromatic carbocycles. The van der Waals surface area contributed by atoms with Crippen molar-refractivity contribution in [3.8, 4) is 0 Å². The van der Waals surface area contributed by atoms with Gasteiger partial charge in [-0.05, 0) is 6.07 Å². The lowest BCUT2D eigenvalue weighted by Gasteiger charge is -2.25. The van der Waals surface area contributed by atoms with Gasteiger partial charge < -0.3 is 0 Å². The molecule has 0 saturated carbocycles. The third-order valence-electron chi connectivity index (χ3n) is 2.41. The summed E-state index contributed by atoms with van der Waals surface area (Å²) >= 11 is 2.05. The van der Waals surface area contributed by atoms with E-state index in [2.05, 4.69) is 27.8 Å². The molecule has 0 aliphatic carbocycles. The van der Waals surface area contributed by atoms with E-state index in [-0.39, 0.29) is 0 Å². The van der Waals surface area contributed by atoms with Crippen LogP contribution in [-0.4, -0.2) is 39.3 Å². The molecule has 0 atom stereocenters. The maximum atomic E-state index is 4.17. The molecule has 1 fully saturated rings. The predicted octanol–water partition coefficient (Wildman–Crippen LogP) is 0.969. The standard InChI is InChI=1S/C9H15N3S/c1-11-9(2-3-10-11)8-12-4-6-13-7-5-12/h2-3H,4-8H2,1H3. The Balaban J connectivity index is 1.93. The number of aromatic nitrogens is 2. The molecule has 0 spiro atoms. The van der Waals surface area contributed by atoms with Crippen molar-refractivity contribution >= 4 is 11.8 Å². The van der Waals surface area contributed by atoms with Crippen LogP contribution in [0.15, 0.2) is 12.3 Å². The molecule has 2 heterocycles. The van der Waals surface area contributed by atoms with E-state index in [1.54, 1.807) is 0 Å². The lowest BCUT2D eigenvalue weighted by atomic mass is 10.3. The van der Waals surface area contributed by atoms with Gasteiger partial charge in [0.05, 0.1) is 5.69 Å². The number of thioether (sulfide) groups is 1. The molecular formula is C9H15N3S. The Hall–Kier alpha value is -0.480. The summed E-state index contributed by atoms with van der Waals surface area (Å²) in [7, 11) is 2.01. The zero-order chi connectivity index (χ0) is 9.10. The molecule has 0 amide bonds. The zero-order valence-corrected chi connectivity index (χ0v) is 8.76. The van der Waals surface area contributed by atoms with Crippen LogP contribution in [-0.2, 0) is 13.6 Å². The maximum Gasteiger partial charge on any atom is 0.0521 e. The van der Waals surface area contributed by atoms with E-state index in [1.165, 1.54) is 30.3 Å². The van der Waals surface area contributed by atoms with Gasteiger partial charge in [-0.3, -0.25) is 9.58 Å². The normalized spacial score (nSPS) is 19.2. The van der Waals surface area contributed by atoms with Gasteiger partial charge in [-0.15, -0.1) is 0 Å². The Morgan fingerprint density at radius 3 is 2.85 bits per heavy atom. The summed E-state index contributed by atoms with van der Waals surface area (Å²) in [5, 5.41) is 4.17. The minimum absolute atomic E-state index is 1.05. The van der Waals surface area contributed by atoms with Crippen molar-refractivity contribution in [3.05, 3.63) is 18.0 Å². The first-order chi connectivity index (χ1) is 6.36. The second kappa shape index (κ2) is 4.15. The SMILES string of the molecule is Cn1nccc1CN1CCSCC1. The van der Waals surface area contributed by atoms with E-state index < -0.39 is 0 Å². The minimum atomic E-state index is 1.05. The average molecular weight is 197 g/mol. The van der Waals surface area contributed by atoms with Gasteiger partial charge in [0, 0.05) is 44.4 Å². The maximum absolute atomic E-state index is 4.17. The molecule has 13 heavy (non-hydrogen) atoms. The van der Waals surface area contributed by atoms with Crippen LogP contribution in [0.4, 0.5) is 0 Å². The summed E-state index contributed by atoms with van der Waals surface area (Å²) in [4.78, 5) is 2.49. The van der Waals surface area contributed by atoms with Crippen LogP contribution in [0.5, 0.6) is 0 Å². The Labute approximate surface area is 83.1 Å². The Bertz CT molecular complexity index is 266. The largest absolute Gasteiger partial charge is 0.296 e. The van der Waals surface area contributed by atoms with Crippen molar-refractivity contribution in [2.24, 2.45) is 7.05 Å². The fourth-order valence-electron chi connectivity index (χ4n) is 1.54. The van der Waals surface area contributed by atoms with Gasteiger partial charge in [0.2, 0.25) is 0 Å². The first-order valence-corrected chi connectivity index (χ1v) is 5.79. The lowest BCUT2D eigenvalue weighted by Crippen LogP contribution is -2.32. The number of rotatable bonds is 2. The van der Waals surface area contributed by atoms with E-state index in [1.807, 2.05) is 17.9 Å². The summed E-state index contributed by atoms with van der Waals surface area (Å²) in [5.41, 5.74) is 1.31. The summed E-state index contributed by atoms with van der Waals surface area (Å²) in [6.07, 6.45) is 1.87. The fourth-order valence-corrected chi connectivity index (χ4v) is 2.52. The monoisotopic (exact) mass is 197 g/mol. The molecule has 1 aromatic heterocycles. The molecule has 0 bridgehead atoms. The van der Waals surface area contributed by atoms with Gasteiger partial charge in [0.15, 0.2) is 0 Å². The van der Waals surface area contributed by atoms with Crippen LogP contribution in [0, 0.1) is 0 Å². The van der Waals surface area contributed by atoms with E-state index in [0.717, 1.165) is 6.54 Å². The molecule has 1 saturated heterocycles. The number of nitrogens with zero attached hydrogens (tertiary/aromatic N) is 3. The first-order valence-electron chi connectivity index (χ1n) is 4.63. The summed E-state index contributed by atoms with van der Waals surface area (Å²) in [6.45, 7) is 3.49. The Kier molecular flexibility index (Phi) is 2.90. The quantitative estimate of drug-likeness (QED) is 0.705. The van der Waals surface area contributed by atoms with Crippen LogP contribution in [0.3, 0.4) is 0 Å². The average Bonchev–Trinajstić information content (AvgIpc) is 2.54. The fraction of sp³-hybridized carbons (Fsp3) is 0.667. The summed E-state index contributed by atoms with van der Waals surface area (Å²) in [6, 6.07) is 2.10. The van der Waals surface area contributed by atoms with Crippen molar-refractivity contribution in [3.63, 3.8) is 0 Å². The molecule has 2 rings (SSSR count). The van der Waals surface area contributed by atoms with E-state index in [4.69, 9.17) is 0 Å². The molecular weight excluding hydrogens is 182 g/mol. The highest BCUT2D eigenvalue weighted by molar-refractivity contribution is 7.99. The first kappa shape index (κ1) is 9.09. The van der Waals surface area contributed by atoms with Crippen molar-refractivity contribution in [2.75, 3.05) is 24.6 Å². The molecule has 0 N–H and O–H groups in total. The summed E-state index contributed by atoms with van der Waals surface area (Å²) in [5.74, 6) is 2.55. The van der Waals surface area contributed by atoms with Crippen molar-refractivity contribution in [1.29, 1.82) is 0 Å². The second-order valence-corrected chi connectivity index (χ2v) is 4.56. The molecule has 1 aliphatic rings. The highest BCUT2D eigenvalue weighted by Gasteiger charge is 2.11. The molecule has 3 nitrogen and oxygen atoms in total. The van der Waals surface area contributed by atoms with Crippen LogP contribution < -0.4 is 0 Å². The van der Waals surface area contributed by atoms with E-state index in [9.17, 15) is 0 Å². The van der Waals surface area contributed by atoms with Crippen molar-refractivity contribution in [2.45, 2.75) is 6.54 Å². The third-order valence-corrected chi connectivity index (χ3v) is 3.35. The number of hydrogen-bond donors (Lipinski definition) is 0. The summed E-state index contributed by atoms with van der Waals surface area (Å²) < 4.78 is 1.96. The van der Waals surface area contributed by atoms with Crippen LogP contribution in [0.2, 0.25) is 0 Å². The molecule has 0 unspecified atom stereocenters. The van der Waals surface area contributed by atoms with Crippen molar-refractivity contribution in [1.82, 2.24) is 14.7 Å². The van der Waals surface area contributed by atoms with Gasteiger partial charge in [-0.25, -0.2) is 0 Å².